The Morgan fingerprint density at radius 3 is 2.85 bits per heavy atom. The van der Waals surface area contributed by atoms with Gasteiger partial charge in [-0.25, -0.2) is 0 Å². The molecule has 76 valence electrons. The largest absolute Gasteiger partial charge is 0.316 e. The van der Waals surface area contributed by atoms with Gasteiger partial charge in [-0.1, -0.05) is 6.42 Å². The Morgan fingerprint density at radius 2 is 2.23 bits per heavy atom. The first-order valence-electron chi connectivity index (χ1n) is 5.60. The van der Waals surface area contributed by atoms with Crippen LogP contribution in [0.25, 0.3) is 0 Å². The van der Waals surface area contributed by atoms with Gasteiger partial charge in [-0.05, 0) is 49.8 Å². The van der Waals surface area contributed by atoms with Gasteiger partial charge in [0.05, 0.1) is 0 Å². The van der Waals surface area contributed by atoms with E-state index in [9.17, 15) is 0 Å². The summed E-state index contributed by atoms with van der Waals surface area (Å²) in [5, 5.41) is 3.59. The van der Waals surface area contributed by atoms with E-state index >= 15 is 0 Å². The SMILES string of the molecule is CSCCNCC1CC2CCC1C2. The van der Waals surface area contributed by atoms with Crippen molar-refractivity contribution in [1.29, 1.82) is 0 Å². The molecule has 2 aliphatic carbocycles. The molecule has 0 aliphatic heterocycles. The monoisotopic (exact) mass is 199 g/mol. The number of fused-ring (bicyclic) bond motifs is 2. The van der Waals surface area contributed by atoms with Gasteiger partial charge < -0.3 is 5.32 Å². The van der Waals surface area contributed by atoms with Crippen LogP contribution >= 0.6 is 11.8 Å². The molecule has 0 heterocycles. The lowest BCUT2D eigenvalue weighted by Gasteiger charge is -2.21. The van der Waals surface area contributed by atoms with Crippen LogP contribution in [0.4, 0.5) is 0 Å². The van der Waals surface area contributed by atoms with Crippen LogP contribution < -0.4 is 5.32 Å². The highest BCUT2D eigenvalue weighted by Gasteiger charge is 2.38. The predicted octanol–water partition coefficient (Wildman–Crippen LogP) is 2.38. The van der Waals surface area contributed by atoms with Crippen LogP contribution in [-0.4, -0.2) is 25.1 Å². The lowest BCUT2D eigenvalue weighted by Crippen LogP contribution is -2.28. The zero-order valence-corrected chi connectivity index (χ0v) is 9.41. The number of rotatable bonds is 5. The van der Waals surface area contributed by atoms with Gasteiger partial charge in [0.15, 0.2) is 0 Å². The first-order chi connectivity index (χ1) is 6.40. The van der Waals surface area contributed by atoms with Crippen molar-refractivity contribution in [1.82, 2.24) is 5.32 Å². The van der Waals surface area contributed by atoms with E-state index in [4.69, 9.17) is 0 Å². The first kappa shape index (κ1) is 9.85. The summed E-state index contributed by atoms with van der Waals surface area (Å²) in [5.74, 6) is 4.49. The summed E-state index contributed by atoms with van der Waals surface area (Å²) in [7, 11) is 0. The molecule has 3 unspecified atom stereocenters. The summed E-state index contributed by atoms with van der Waals surface area (Å²) in [6.07, 6.45) is 8.32. The van der Waals surface area contributed by atoms with Crippen molar-refractivity contribution in [3.8, 4) is 0 Å². The molecule has 0 radical (unpaired) electrons. The molecule has 2 heteroatoms. The van der Waals surface area contributed by atoms with E-state index in [2.05, 4.69) is 11.6 Å². The fraction of sp³-hybridized carbons (Fsp3) is 1.00. The van der Waals surface area contributed by atoms with Crippen LogP contribution in [0, 0.1) is 17.8 Å². The van der Waals surface area contributed by atoms with Crippen molar-refractivity contribution >= 4 is 11.8 Å². The molecule has 0 saturated heterocycles. The smallest absolute Gasteiger partial charge is 0.00553 e. The summed E-state index contributed by atoms with van der Waals surface area (Å²) in [6.45, 7) is 2.50. The molecule has 0 spiro atoms. The summed E-state index contributed by atoms with van der Waals surface area (Å²) < 4.78 is 0. The maximum Gasteiger partial charge on any atom is 0.00553 e. The zero-order valence-electron chi connectivity index (χ0n) is 8.59. The maximum absolute atomic E-state index is 3.59. The predicted molar refractivity (Wildman–Crippen MR) is 60.2 cm³/mol. The summed E-state index contributed by atoms with van der Waals surface area (Å²) >= 11 is 1.94. The molecule has 2 rings (SSSR count). The number of thioether (sulfide) groups is 1. The normalized spacial score (nSPS) is 37.2. The third kappa shape index (κ3) is 2.41. The van der Waals surface area contributed by atoms with Gasteiger partial charge in [0.2, 0.25) is 0 Å². The molecule has 0 amide bonds. The van der Waals surface area contributed by atoms with Crippen LogP contribution in [0.3, 0.4) is 0 Å². The average molecular weight is 199 g/mol. The molecule has 0 aromatic heterocycles. The minimum Gasteiger partial charge on any atom is -0.316 e. The van der Waals surface area contributed by atoms with Gasteiger partial charge in [0.1, 0.15) is 0 Å². The van der Waals surface area contributed by atoms with Crippen molar-refractivity contribution in [2.75, 3.05) is 25.1 Å². The topological polar surface area (TPSA) is 12.0 Å². The van der Waals surface area contributed by atoms with E-state index in [1.54, 1.807) is 6.42 Å². The van der Waals surface area contributed by atoms with Gasteiger partial charge in [0, 0.05) is 12.3 Å². The van der Waals surface area contributed by atoms with Crippen LogP contribution in [0.5, 0.6) is 0 Å². The highest BCUT2D eigenvalue weighted by Crippen LogP contribution is 2.47. The van der Waals surface area contributed by atoms with E-state index in [0.29, 0.717) is 0 Å². The second-order valence-electron chi connectivity index (χ2n) is 4.63. The Bertz CT molecular complexity index is 160. The molecule has 1 N–H and O–H groups in total. The van der Waals surface area contributed by atoms with Gasteiger partial charge in [0.25, 0.3) is 0 Å². The lowest BCUT2D eigenvalue weighted by atomic mass is 9.89. The second kappa shape index (κ2) is 4.70. The van der Waals surface area contributed by atoms with E-state index in [-0.39, 0.29) is 0 Å². The number of hydrogen-bond acceptors (Lipinski definition) is 2. The van der Waals surface area contributed by atoms with Crippen LogP contribution in [0.2, 0.25) is 0 Å². The van der Waals surface area contributed by atoms with Crippen molar-refractivity contribution in [3.05, 3.63) is 0 Å². The Hall–Kier alpha value is 0.310. The Kier molecular flexibility index (Phi) is 3.56. The van der Waals surface area contributed by atoms with E-state index in [1.165, 1.54) is 38.1 Å². The average Bonchev–Trinajstić information content (AvgIpc) is 2.73. The fourth-order valence-electron chi connectivity index (χ4n) is 3.09. The molecular weight excluding hydrogens is 178 g/mol. The third-order valence-electron chi connectivity index (χ3n) is 3.77. The molecule has 2 fully saturated rings. The molecule has 13 heavy (non-hydrogen) atoms. The van der Waals surface area contributed by atoms with Crippen LogP contribution in [-0.2, 0) is 0 Å². The first-order valence-corrected chi connectivity index (χ1v) is 6.99. The van der Waals surface area contributed by atoms with Crippen LogP contribution in [0.15, 0.2) is 0 Å². The lowest BCUT2D eigenvalue weighted by molar-refractivity contribution is 0.321. The van der Waals surface area contributed by atoms with E-state index in [1.807, 2.05) is 11.8 Å². The van der Waals surface area contributed by atoms with E-state index in [0.717, 1.165) is 17.8 Å². The third-order valence-corrected chi connectivity index (χ3v) is 4.39. The molecule has 0 aromatic carbocycles. The maximum atomic E-state index is 3.59. The molecule has 0 aromatic rings. The molecule has 2 bridgehead atoms. The van der Waals surface area contributed by atoms with Gasteiger partial charge >= 0.3 is 0 Å². The minimum atomic E-state index is 1.03. The van der Waals surface area contributed by atoms with Crippen LogP contribution in [0.1, 0.15) is 25.7 Å². The number of hydrogen-bond donors (Lipinski definition) is 1. The molecule has 1 nitrogen and oxygen atoms in total. The minimum absolute atomic E-state index is 1.03. The van der Waals surface area contributed by atoms with Crippen molar-refractivity contribution < 1.29 is 0 Å². The highest BCUT2D eigenvalue weighted by atomic mass is 32.2. The van der Waals surface area contributed by atoms with Crippen molar-refractivity contribution in [2.24, 2.45) is 17.8 Å². The summed E-state index contributed by atoms with van der Waals surface area (Å²) in [6, 6.07) is 0. The summed E-state index contributed by atoms with van der Waals surface area (Å²) in [4.78, 5) is 0. The molecule has 3 atom stereocenters. The summed E-state index contributed by atoms with van der Waals surface area (Å²) in [5.41, 5.74) is 0. The Balaban J connectivity index is 1.60. The van der Waals surface area contributed by atoms with Gasteiger partial charge in [-0.3, -0.25) is 0 Å². The zero-order chi connectivity index (χ0) is 9.10. The molecule has 2 aliphatic rings. The quantitative estimate of drug-likeness (QED) is 0.682. The number of nitrogens with one attached hydrogen (secondary N) is 1. The second-order valence-corrected chi connectivity index (χ2v) is 5.62. The highest BCUT2D eigenvalue weighted by molar-refractivity contribution is 7.98. The Labute approximate surface area is 86.0 Å². The molecular formula is C11H21NS. The fourth-order valence-corrected chi connectivity index (χ4v) is 3.44. The van der Waals surface area contributed by atoms with Crippen molar-refractivity contribution in [2.45, 2.75) is 25.7 Å². The molecule has 2 saturated carbocycles. The van der Waals surface area contributed by atoms with Gasteiger partial charge in [-0.2, -0.15) is 11.8 Å². The standard InChI is InChI=1S/C11H21NS/c1-13-5-4-12-8-11-7-9-2-3-10(11)6-9/h9-12H,2-8H2,1H3. The van der Waals surface area contributed by atoms with Gasteiger partial charge in [-0.15, -0.1) is 0 Å². The van der Waals surface area contributed by atoms with Crippen molar-refractivity contribution in [3.63, 3.8) is 0 Å². The van der Waals surface area contributed by atoms with E-state index < -0.39 is 0 Å². The Morgan fingerprint density at radius 1 is 1.31 bits per heavy atom.